The lowest BCUT2D eigenvalue weighted by Gasteiger charge is -1.97. The van der Waals surface area contributed by atoms with Crippen LogP contribution in [-0.2, 0) is 0 Å². The van der Waals surface area contributed by atoms with Crippen molar-refractivity contribution in [3.05, 3.63) is 29.8 Å². The third-order valence-electron chi connectivity index (χ3n) is 2.08. The highest BCUT2D eigenvalue weighted by atomic mass is 32.2. The van der Waals surface area contributed by atoms with Gasteiger partial charge in [-0.15, -0.1) is 11.3 Å². The van der Waals surface area contributed by atoms with Crippen LogP contribution in [0.4, 0.5) is 5.82 Å². The Morgan fingerprint density at radius 1 is 1.38 bits per heavy atom. The van der Waals surface area contributed by atoms with Crippen molar-refractivity contribution in [1.82, 2.24) is 4.98 Å². The second-order valence-electron chi connectivity index (χ2n) is 3.09. The Morgan fingerprint density at radius 3 is 2.56 bits per heavy atom. The van der Waals surface area contributed by atoms with Crippen molar-refractivity contribution in [2.75, 3.05) is 12.0 Å². The lowest BCUT2D eigenvalue weighted by atomic mass is 10.1. The highest BCUT2D eigenvalue weighted by Gasteiger charge is 2.09. The van der Waals surface area contributed by atoms with Gasteiger partial charge in [-0.2, -0.15) is 5.26 Å². The van der Waals surface area contributed by atoms with Crippen LogP contribution >= 0.6 is 23.1 Å². The van der Waals surface area contributed by atoms with Crippen molar-refractivity contribution in [2.24, 2.45) is 0 Å². The number of hydrogen-bond donors (Lipinski definition) is 1. The fourth-order valence-electron chi connectivity index (χ4n) is 1.30. The second-order valence-corrected chi connectivity index (χ2v) is 5.14. The normalized spacial score (nSPS) is 10.0. The van der Waals surface area contributed by atoms with E-state index in [0.29, 0.717) is 11.4 Å². The molecular weight excluding hydrogens is 238 g/mol. The summed E-state index contributed by atoms with van der Waals surface area (Å²) in [6.45, 7) is 0. The van der Waals surface area contributed by atoms with E-state index < -0.39 is 0 Å². The van der Waals surface area contributed by atoms with Gasteiger partial charge in [0, 0.05) is 0 Å². The first kappa shape index (κ1) is 11.0. The lowest BCUT2D eigenvalue weighted by Crippen LogP contribution is -1.87. The predicted octanol–water partition coefficient (Wildman–Crippen LogP) is 2.99. The molecule has 0 saturated heterocycles. The molecule has 2 N–H and O–H groups in total. The molecule has 0 aliphatic rings. The van der Waals surface area contributed by atoms with E-state index in [9.17, 15) is 0 Å². The van der Waals surface area contributed by atoms with Crippen molar-refractivity contribution >= 4 is 28.9 Å². The van der Waals surface area contributed by atoms with Gasteiger partial charge in [0.1, 0.15) is 5.82 Å². The lowest BCUT2D eigenvalue weighted by molar-refractivity contribution is 1.26. The Bertz CT molecular complexity index is 537. The van der Waals surface area contributed by atoms with E-state index in [2.05, 4.69) is 11.1 Å². The highest BCUT2D eigenvalue weighted by Crippen LogP contribution is 2.35. The maximum atomic E-state index is 8.71. The first-order valence-electron chi connectivity index (χ1n) is 4.55. The molecule has 0 amide bonds. The maximum absolute atomic E-state index is 8.71. The molecule has 0 saturated carbocycles. The number of nitriles is 1. The molecule has 1 heterocycles. The molecule has 0 aliphatic carbocycles. The Hall–Kier alpha value is -1.51. The molecule has 0 atom stereocenters. The zero-order valence-corrected chi connectivity index (χ0v) is 10.2. The molecule has 1 aromatic carbocycles. The number of rotatable bonds is 2. The van der Waals surface area contributed by atoms with Gasteiger partial charge in [-0.25, -0.2) is 4.98 Å². The van der Waals surface area contributed by atoms with Crippen LogP contribution in [0.1, 0.15) is 5.56 Å². The van der Waals surface area contributed by atoms with Gasteiger partial charge in [-0.1, -0.05) is 23.9 Å². The molecule has 1 aromatic heterocycles. The molecular formula is C11H9N3S2. The molecule has 2 rings (SSSR count). The Morgan fingerprint density at radius 2 is 2.06 bits per heavy atom. The topological polar surface area (TPSA) is 62.7 Å². The fraction of sp³-hybridized carbons (Fsp3) is 0.0909. The molecule has 0 bridgehead atoms. The third kappa shape index (κ3) is 2.03. The Kier molecular flexibility index (Phi) is 3.13. The van der Waals surface area contributed by atoms with E-state index in [1.807, 2.05) is 18.4 Å². The van der Waals surface area contributed by atoms with E-state index in [-0.39, 0.29) is 0 Å². The van der Waals surface area contributed by atoms with E-state index in [0.717, 1.165) is 14.8 Å². The summed E-state index contributed by atoms with van der Waals surface area (Å²) in [5.74, 6) is 0.555. The molecule has 2 aromatic rings. The van der Waals surface area contributed by atoms with Crippen LogP contribution in [0.15, 0.2) is 28.6 Å². The van der Waals surface area contributed by atoms with Crippen molar-refractivity contribution in [2.45, 2.75) is 4.34 Å². The van der Waals surface area contributed by atoms with Crippen LogP contribution in [0, 0.1) is 11.3 Å². The minimum atomic E-state index is 0.555. The van der Waals surface area contributed by atoms with Crippen LogP contribution in [0.2, 0.25) is 0 Å². The smallest absolute Gasteiger partial charge is 0.152 e. The monoisotopic (exact) mass is 247 g/mol. The van der Waals surface area contributed by atoms with E-state index >= 15 is 0 Å². The number of aromatic nitrogens is 1. The molecule has 5 heteroatoms. The van der Waals surface area contributed by atoms with Crippen LogP contribution in [0.5, 0.6) is 0 Å². The summed E-state index contributed by atoms with van der Waals surface area (Å²) < 4.78 is 0.955. The number of nitrogen functional groups attached to an aromatic ring is 1. The minimum absolute atomic E-state index is 0.555. The van der Waals surface area contributed by atoms with Crippen LogP contribution in [0.3, 0.4) is 0 Å². The highest BCUT2D eigenvalue weighted by molar-refractivity contribution is 8.00. The molecule has 16 heavy (non-hydrogen) atoms. The van der Waals surface area contributed by atoms with Gasteiger partial charge in [0.2, 0.25) is 0 Å². The van der Waals surface area contributed by atoms with Gasteiger partial charge in [0.25, 0.3) is 0 Å². The van der Waals surface area contributed by atoms with Gasteiger partial charge >= 0.3 is 0 Å². The van der Waals surface area contributed by atoms with E-state index in [1.165, 1.54) is 0 Å². The quantitative estimate of drug-likeness (QED) is 0.829. The number of nitrogens with zero attached hydrogens (tertiary/aromatic N) is 2. The minimum Gasteiger partial charge on any atom is -0.382 e. The number of hydrogen-bond acceptors (Lipinski definition) is 5. The first-order chi connectivity index (χ1) is 7.74. The standard InChI is InChI=1S/C11H9N3S2/c1-15-11-14-10(13)9(16-11)8-4-2-7(6-12)3-5-8/h2-5H,13H2,1H3. The molecule has 0 unspecified atom stereocenters. The molecule has 80 valence electrons. The van der Waals surface area contributed by atoms with Gasteiger partial charge in [0.05, 0.1) is 16.5 Å². The zero-order chi connectivity index (χ0) is 11.5. The average Bonchev–Trinajstić information content (AvgIpc) is 2.71. The molecule has 3 nitrogen and oxygen atoms in total. The summed E-state index contributed by atoms with van der Waals surface area (Å²) in [6.07, 6.45) is 1.97. The summed E-state index contributed by atoms with van der Waals surface area (Å²) in [6, 6.07) is 9.45. The van der Waals surface area contributed by atoms with Crippen molar-refractivity contribution in [3.8, 4) is 16.5 Å². The zero-order valence-electron chi connectivity index (χ0n) is 8.60. The van der Waals surface area contributed by atoms with Gasteiger partial charge in [-0.3, -0.25) is 0 Å². The first-order valence-corrected chi connectivity index (χ1v) is 6.59. The van der Waals surface area contributed by atoms with Crippen molar-refractivity contribution in [1.29, 1.82) is 5.26 Å². The Balaban J connectivity index is 2.42. The number of thiazole rings is 1. The van der Waals surface area contributed by atoms with Crippen LogP contribution < -0.4 is 5.73 Å². The molecule has 0 radical (unpaired) electrons. The second kappa shape index (κ2) is 4.56. The molecule has 0 aliphatic heterocycles. The summed E-state index contributed by atoms with van der Waals surface area (Å²) in [4.78, 5) is 5.21. The number of benzene rings is 1. The fourth-order valence-corrected chi connectivity index (χ4v) is 2.80. The predicted molar refractivity (Wildman–Crippen MR) is 68.5 cm³/mol. The molecule has 0 fully saturated rings. The summed E-state index contributed by atoms with van der Waals surface area (Å²) in [5.41, 5.74) is 7.50. The van der Waals surface area contributed by atoms with E-state index in [4.69, 9.17) is 11.0 Å². The van der Waals surface area contributed by atoms with Crippen LogP contribution in [0.25, 0.3) is 10.4 Å². The summed E-state index contributed by atoms with van der Waals surface area (Å²) in [5, 5.41) is 8.71. The van der Waals surface area contributed by atoms with E-state index in [1.54, 1.807) is 35.2 Å². The van der Waals surface area contributed by atoms with Crippen molar-refractivity contribution in [3.63, 3.8) is 0 Å². The summed E-state index contributed by atoms with van der Waals surface area (Å²) >= 11 is 3.15. The molecule has 0 spiro atoms. The Labute approximate surface area is 102 Å². The third-order valence-corrected chi connectivity index (χ3v) is 4.19. The van der Waals surface area contributed by atoms with Gasteiger partial charge in [-0.05, 0) is 24.0 Å². The average molecular weight is 247 g/mol. The van der Waals surface area contributed by atoms with Crippen LogP contribution in [-0.4, -0.2) is 11.2 Å². The largest absolute Gasteiger partial charge is 0.382 e. The maximum Gasteiger partial charge on any atom is 0.152 e. The summed E-state index contributed by atoms with van der Waals surface area (Å²) in [7, 11) is 0. The SMILES string of the molecule is CSc1nc(N)c(-c2ccc(C#N)cc2)s1. The van der Waals surface area contributed by atoms with Crippen molar-refractivity contribution < 1.29 is 0 Å². The van der Waals surface area contributed by atoms with Gasteiger partial charge in [0.15, 0.2) is 4.34 Å². The number of anilines is 1. The number of nitrogens with two attached hydrogens (primary N) is 1. The number of thioether (sulfide) groups is 1. The van der Waals surface area contributed by atoms with Gasteiger partial charge < -0.3 is 5.73 Å².